The van der Waals surface area contributed by atoms with Crippen LogP contribution in [0, 0.1) is 10.1 Å². The molecule has 3 aromatic rings. The minimum atomic E-state index is -0.382. The number of nitro groups is 1. The zero-order valence-electron chi connectivity index (χ0n) is 15.3. The van der Waals surface area contributed by atoms with E-state index in [1.165, 1.54) is 0 Å². The maximum absolute atomic E-state index is 11.5. The molecule has 1 atom stereocenters. The van der Waals surface area contributed by atoms with E-state index in [0.717, 1.165) is 28.1 Å². The minimum Gasteiger partial charge on any atom is -0.327 e. The molecule has 138 valence electrons. The molecule has 0 saturated heterocycles. The van der Waals surface area contributed by atoms with E-state index < -0.39 is 0 Å². The fraction of sp³-hybridized carbons (Fsp3) is 0.0833. The summed E-state index contributed by atoms with van der Waals surface area (Å²) in [6.45, 7) is -0.171. The van der Waals surface area contributed by atoms with Crippen molar-refractivity contribution < 1.29 is 4.92 Å². The van der Waals surface area contributed by atoms with Crippen molar-refractivity contribution in [1.82, 2.24) is 0 Å². The molecule has 0 spiro atoms. The van der Waals surface area contributed by atoms with Gasteiger partial charge in [0.25, 0.3) is 0 Å². The lowest BCUT2D eigenvalue weighted by Gasteiger charge is -2.35. The molecule has 28 heavy (non-hydrogen) atoms. The highest BCUT2D eigenvalue weighted by Crippen LogP contribution is 2.36. The molecule has 0 aliphatic carbocycles. The number of nitrogens with zero attached hydrogens (tertiary/aromatic N) is 2. The zero-order valence-corrected chi connectivity index (χ0v) is 15.3. The summed E-state index contributed by atoms with van der Waals surface area (Å²) in [6.07, 6.45) is 4.12. The third kappa shape index (κ3) is 3.71. The summed E-state index contributed by atoms with van der Waals surface area (Å²) < 4.78 is 0. The largest absolute Gasteiger partial charge is 0.327 e. The Kier molecular flexibility index (Phi) is 5.02. The molecule has 0 saturated carbocycles. The lowest BCUT2D eigenvalue weighted by molar-refractivity contribution is -0.480. The van der Waals surface area contributed by atoms with Gasteiger partial charge in [0, 0.05) is 16.3 Å². The number of hydrogen-bond donors (Lipinski definition) is 0. The number of benzene rings is 3. The molecule has 0 bridgehead atoms. The molecular formula is C24H20N2O2. The first-order chi connectivity index (χ1) is 13.7. The molecule has 0 amide bonds. The first kappa shape index (κ1) is 17.7. The number of anilines is 1. The highest BCUT2D eigenvalue weighted by molar-refractivity contribution is 5.93. The minimum absolute atomic E-state index is 0.171. The van der Waals surface area contributed by atoms with Gasteiger partial charge >= 0.3 is 0 Å². The first-order valence-corrected chi connectivity index (χ1v) is 9.23. The summed E-state index contributed by atoms with van der Waals surface area (Å²) in [5.41, 5.74) is 4.98. The van der Waals surface area contributed by atoms with Crippen LogP contribution in [0.4, 0.5) is 5.69 Å². The van der Waals surface area contributed by atoms with Gasteiger partial charge in [0.1, 0.15) is 6.04 Å². The van der Waals surface area contributed by atoms with Crippen LogP contribution in [0.1, 0.15) is 11.1 Å². The van der Waals surface area contributed by atoms with Gasteiger partial charge in [-0.3, -0.25) is 10.1 Å². The van der Waals surface area contributed by atoms with Crippen molar-refractivity contribution in [3.8, 4) is 0 Å². The van der Waals surface area contributed by atoms with Crippen LogP contribution in [0.5, 0.6) is 0 Å². The molecule has 4 rings (SSSR count). The molecule has 0 N–H and O–H groups in total. The van der Waals surface area contributed by atoms with Crippen LogP contribution in [-0.2, 0) is 0 Å². The predicted molar refractivity (Wildman–Crippen MR) is 113 cm³/mol. The van der Waals surface area contributed by atoms with E-state index in [4.69, 9.17) is 0 Å². The Morgan fingerprint density at radius 1 is 0.786 bits per heavy atom. The summed E-state index contributed by atoms with van der Waals surface area (Å²) >= 11 is 0. The quantitative estimate of drug-likeness (QED) is 0.455. The Bertz CT molecular complexity index is 1010. The van der Waals surface area contributed by atoms with Gasteiger partial charge in [-0.1, -0.05) is 78.9 Å². The monoisotopic (exact) mass is 368 g/mol. The van der Waals surface area contributed by atoms with Crippen LogP contribution >= 0.6 is 0 Å². The van der Waals surface area contributed by atoms with Crippen LogP contribution in [0.3, 0.4) is 0 Å². The smallest absolute Gasteiger partial charge is 0.227 e. The van der Waals surface area contributed by atoms with Gasteiger partial charge in [-0.2, -0.15) is 0 Å². The van der Waals surface area contributed by atoms with Gasteiger partial charge in [0.2, 0.25) is 6.54 Å². The standard InChI is InChI=1S/C24H20N2O2/c27-25(28)18-23-16-21(19-10-4-1-5-11-19)17-24(20-12-6-2-7-13-20)26(23)22-14-8-3-9-15-22/h1-17,23H,18H2. The second-order valence-corrected chi connectivity index (χ2v) is 6.67. The summed E-state index contributed by atoms with van der Waals surface area (Å²) in [4.78, 5) is 13.3. The topological polar surface area (TPSA) is 46.4 Å². The van der Waals surface area contributed by atoms with E-state index in [0.29, 0.717) is 0 Å². The van der Waals surface area contributed by atoms with Crippen molar-refractivity contribution in [2.45, 2.75) is 6.04 Å². The summed E-state index contributed by atoms with van der Waals surface area (Å²) in [7, 11) is 0. The van der Waals surface area contributed by atoms with Crippen LogP contribution in [0.15, 0.2) is 103 Å². The number of hydrogen-bond acceptors (Lipinski definition) is 3. The number of allylic oxidation sites excluding steroid dienone is 2. The van der Waals surface area contributed by atoms with Crippen molar-refractivity contribution >= 4 is 17.0 Å². The maximum atomic E-state index is 11.5. The van der Waals surface area contributed by atoms with Crippen LogP contribution in [0.2, 0.25) is 0 Å². The Morgan fingerprint density at radius 3 is 1.89 bits per heavy atom. The van der Waals surface area contributed by atoms with Gasteiger partial charge in [-0.05, 0) is 41.0 Å². The average Bonchev–Trinajstić information content (AvgIpc) is 2.74. The Balaban J connectivity index is 1.89. The van der Waals surface area contributed by atoms with Gasteiger partial charge in [-0.25, -0.2) is 0 Å². The van der Waals surface area contributed by atoms with Crippen LogP contribution < -0.4 is 4.90 Å². The Labute approximate surface area is 164 Å². The van der Waals surface area contributed by atoms with Gasteiger partial charge in [0.05, 0.1) is 0 Å². The molecule has 1 aliphatic rings. The Morgan fingerprint density at radius 2 is 1.32 bits per heavy atom. The van der Waals surface area contributed by atoms with Crippen molar-refractivity contribution in [2.24, 2.45) is 0 Å². The van der Waals surface area contributed by atoms with Gasteiger partial charge in [-0.15, -0.1) is 0 Å². The molecule has 4 heteroatoms. The van der Waals surface area contributed by atoms with Gasteiger partial charge in [0.15, 0.2) is 0 Å². The first-order valence-electron chi connectivity index (χ1n) is 9.23. The van der Waals surface area contributed by atoms with E-state index in [1.807, 2.05) is 97.1 Å². The molecule has 1 aliphatic heterocycles. The molecule has 0 fully saturated rings. The third-order valence-electron chi connectivity index (χ3n) is 4.80. The summed E-state index contributed by atoms with van der Waals surface area (Å²) in [5, 5.41) is 11.5. The third-order valence-corrected chi connectivity index (χ3v) is 4.80. The average molecular weight is 368 g/mol. The normalized spacial score (nSPS) is 16.3. The van der Waals surface area contributed by atoms with Crippen LogP contribution in [-0.4, -0.2) is 17.5 Å². The fourth-order valence-corrected chi connectivity index (χ4v) is 3.57. The zero-order chi connectivity index (χ0) is 19.3. The lowest BCUT2D eigenvalue weighted by Crippen LogP contribution is -2.39. The van der Waals surface area contributed by atoms with Crippen molar-refractivity contribution in [2.75, 3.05) is 11.4 Å². The maximum Gasteiger partial charge on any atom is 0.227 e. The number of rotatable bonds is 5. The molecule has 0 aromatic heterocycles. The molecule has 3 aromatic carbocycles. The second kappa shape index (κ2) is 7.92. The van der Waals surface area contributed by atoms with Crippen molar-refractivity contribution in [1.29, 1.82) is 0 Å². The second-order valence-electron chi connectivity index (χ2n) is 6.67. The van der Waals surface area contributed by atoms with Crippen LogP contribution in [0.25, 0.3) is 11.3 Å². The molecule has 1 heterocycles. The molecule has 0 radical (unpaired) electrons. The van der Waals surface area contributed by atoms with E-state index in [1.54, 1.807) is 0 Å². The number of para-hydroxylation sites is 1. The van der Waals surface area contributed by atoms with Crippen molar-refractivity contribution in [3.63, 3.8) is 0 Å². The van der Waals surface area contributed by atoms with E-state index in [2.05, 4.69) is 11.0 Å². The SMILES string of the molecule is O=[N+]([O-])CC1C=C(c2ccccc2)C=C(c2ccccc2)N1c1ccccc1. The predicted octanol–water partition coefficient (Wildman–Crippen LogP) is 5.28. The lowest BCUT2D eigenvalue weighted by atomic mass is 9.94. The molecular weight excluding hydrogens is 348 g/mol. The molecule has 1 unspecified atom stereocenters. The van der Waals surface area contributed by atoms with Crippen molar-refractivity contribution in [3.05, 3.63) is 124 Å². The highest BCUT2D eigenvalue weighted by atomic mass is 16.6. The van der Waals surface area contributed by atoms with E-state index >= 15 is 0 Å². The highest BCUT2D eigenvalue weighted by Gasteiger charge is 2.29. The van der Waals surface area contributed by atoms with E-state index in [-0.39, 0.29) is 17.5 Å². The fourth-order valence-electron chi connectivity index (χ4n) is 3.57. The Hall–Kier alpha value is -3.66. The summed E-state index contributed by atoms with van der Waals surface area (Å²) in [5.74, 6) is 0. The van der Waals surface area contributed by atoms with E-state index in [9.17, 15) is 10.1 Å². The summed E-state index contributed by atoms with van der Waals surface area (Å²) in [6, 6.07) is 29.5. The molecule has 4 nitrogen and oxygen atoms in total. The van der Waals surface area contributed by atoms with Gasteiger partial charge < -0.3 is 4.90 Å².